The molecule has 7 N–H and O–H groups in total. The maximum atomic E-state index is 17.2. The molecule has 0 heterocycles. The molecular weight excluding hydrogens is 621 g/mol. The smallest absolute Gasteiger partial charge is 0.408 e. The van der Waals surface area contributed by atoms with Crippen LogP contribution in [0, 0.1) is 22.7 Å². The van der Waals surface area contributed by atoms with Crippen molar-refractivity contribution in [3.8, 4) is 0 Å². The van der Waals surface area contributed by atoms with Gasteiger partial charge >= 0.3 is 6.09 Å². The number of allylic oxidation sites excluding steroid dienone is 4. The van der Waals surface area contributed by atoms with E-state index in [2.05, 4.69) is 15.5 Å². The van der Waals surface area contributed by atoms with Crippen molar-refractivity contribution in [2.45, 2.75) is 76.2 Å². The molecule has 0 aromatic heterocycles. The molecule has 0 bridgehead atoms. The van der Waals surface area contributed by atoms with Crippen LogP contribution in [0.5, 0.6) is 0 Å². The highest BCUT2D eigenvalue weighted by atomic mass is 19.1. The molecule has 3 fully saturated rings. The molecule has 15 heteroatoms. The minimum absolute atomic E-state index is 0.0761. The van der Waals surface area contributed by atoms with Gasteiger partial charge in [-0.25, -0.2) is 14.0 Å². The van der Waals surface area contributed by atoms with Crippen LogP contribution >= 0.6 is 0 Å². The van der Waals surface area contributed by atoms with E-state index in [0.29, 0.717) is 23.1 Å². The molecule has 4 aliphatic carbocycles. The molecule has 2 amide bonds. The molecule has 0 unspecified atom stereocenters. The molecule has 256 valence electrons. The first kappa shape index (κ1) is 34.8. The van der Waals surface area contributed by atoms with Crippen molar-refractivity contribution in [2.75, 3.05) is 13.2 Å². The van der Waals surface area contributed by atoms with Crippen LogP contribution in [0.3, 0.4) is 0 Å². The average Bonchev–Trinajstić information content (AvgIpc) is 3.23. The van der Waals surface area contributed by atoms with E-state index >= 15 is 4.39 Å². The van der Waals surface area contributed by atoms with E-state index in [4.69, 9.17) is 15.2 Å². The van der Waals surface area contributed by atoms with E-state index < -0.39 is 82.5 Å². The lowest BCUT2D eigenvalue weighted by Gasteiger charge is -2.62. The Morgan fingerprint density at radius 3 is 2.53 bits per heavy atom. The number of aliphatic hydroxyl groups excluding tert-OH is 2. The van der Waals surface area contributed by atoms with Gasteiger partial charge in [0.25, 0.3) is 0 Å². The molecule has 0 saturated heterocycles. The van der Waals surface area contributed by atoms with Gasteiger partial charge in [0, 0.05) is 23.3 Å². The van der Waals surface area contributed by atoms with E-state index in [0.717, 1.165) is 0 Å². The number of carbonyl (C=O) groups excluding carboxylic acids is 4. The second-order valence-electron chi connectivity index (χ2n) is 13.3. The normalized spacial score (nSPS) is 35.8. The summed E-state index contributed by atoms with van der Waals surface area (Å²) in [5, 5.41) is 55.9. The van der Waals surface area contributed by atoms with Gasteiger partial charge in [0.05, 0.1) is 24.2 Å². The highest BCUT2D eigenvalue weighted by Gasteiger charge is 2.76. The Labute approximate surface area is 269 Å². The number of benzene rings is 1. The van der Waals surface area contributed by atoms with Crippen molar-refractivity contribution in [2.24, 2.45) is 22.7 Å². The zero-order valence-corrected chi connectivity index (χ0v) is 26.0. The van der Waals surface area contributed by atoms with Crippen molar-refractivity contribution in [1.29, 1.82) is 0 Å². The molecule has 0 spiro atoms. The molecule has 0 radical (unpaired) electrons. The first-order valence-electron chi connectivity index (χ1n) is 15.4. The summed E-state index contributed by atoms with van der Waals surface area (Å²) in [6, 6.07) is 6.70. The number of halogens is 1. The van der Waals surface area contributed by atoms with Crippen molar-refractivity contribution >= 4 is 23.6 Å². The van der Waals surface area contributed by atoms with Crippen molar-refractivity contribution in [1.82, 2.24) is 16.0 Å². The average molecular weight is 662 g/mol. The third-order valence-electron chi connectivity index (χ3n) is 10.8. The molecule has 14 nitrogen and oxygen atoms in total. The molecular formula is C32H40FN3O11. The molecule has 3 saturated carbocycles. The monoisotopic (exact) mass is 661 g/mol. The predicted molar refractivity (Wildman–Crippen MR) is 158 cm³/mol. The summed E-state index contributed by atoms with van der Waals surface area (Å²) in [5.41, 5.74) is -5.60. The zero-order valence-electron chi connectivity index (χ0n) is 26.0. The molecule has 4 aliphatic rings. The van der Waals surface area contributed by atoms with Gasteiger partial charge in [0.1, 0.15) is 6.54 Å². The van der Waals surface area contributed by atoms with Crippen LogP contribution in [0.15, 0.2) is 48.1 Å². The van der Waals surface area contributed by atoms with E-state index in [9.17, 15) is 34.5 Å². The Kier molecular flexibility index (Phi) is 9.47. The van der Waals surface area contributed by atoms with Crippen LogP contribution in [-0.4, -0.2) is 91.3 Å². The number of nitrogens with one attached hydrogen (secondary N) is 2. The third-order valence-corrected chi connectivity index (χ3v) is 10.8. The SMILES string of the molecule is C[C@]12C=CC(=O)C=C1CC[C@H]1[C@@H]3C[C@@H](O)[C@](O)(C(=O)COC(=O)NCC(=O)NCc4cccc(CON(O)O)c4)[C@@]3(C)C[C@H](O)[C@@]12F. The van der Waals surface area contributed by atoms with Crippen molar-refractivity contribution in [3.63, 3.8) is 0 Å². The van der Waals surface area contributed by atoms with Crippen LogP contribution in [0.25, 0.3) is 0 Å². The molecule has 47 heavy (non-hydrogen) atoms. The highest BCUT2D eigenvalue weighted by Crippen LogP contribution is 2.69. The maximum absolute atomic E-state index is 17.2. The Morgan fingerprint density at radius 2 is 1.81 bits per heavy atom. The second kappa shape index (κ2) is 12.8. The third kappa shape index (κ3) is 5.90. The molecule has 8 atom stereocenters. The van der Waals surface area contributed by atoms with E-state index in [1.54, 1.807) is 31.2 Å². The standard InChI is InChI=1S/C32H40FN3O11/c1-29-9-8-21(37)11-20(29)6-7-22-23-12-24(38)32(43,30(23,2)13-25(39)31(22,29)33)26(40)17-46-28(42)35-15-27(41)34-14-18-4-3-5-19(10-18)16-47-36(44)45/h3-5,8-11,22-25,38-39,43-45H,6-7,12-17H2,1-2H3,(H,34,41)(H,35,42)/t22-,23-,24+,25-,29-,30-,31-,32-/m0/s1. The number of alkyl carbamates (subject to hydrolysis) is 1. The second-order valence-corrected chi connectivity index (χ2v) is 13.3. The Morgan fingerprint density at radius 1 is 1.09 bits per heavy atom. The lowest BCUT2D eigenvalue weighted by molar-refractivity contribution is -0.497. The number of carbonyl (C=O) groups is 4. The summed E-state index contributed by atoms with van der Waals surface area (Å²) in [7, 11) is 0. The number of amides is 2. The lowest BCUT2D eigenvalue weighted by atomic mass is 9.44. The maximum Gasteiger partial charge on any atom is 0.408 e. The fourth-order valence-electron chi connectivity index (χ4n) is 8.40. The number of alkyl halides is 1. The van der Waals surface area contributed by atoms with Crippen LogP contribution in [-0.2, 0) is 37.1 Å². The predicted octanol–water partition coefficient (Wildman–Crippen LogP) is 1.18. The number of rotatable bonds is 10. The van der Waals surface area contributed by atoms with Crippen molar-refractivity contribution < 1.29 is 58.9 Å². The van der Waals surface area contributed by atoms with Gasteiger partial charge in [0.15, 0.2) is 23.7 Å². The van der Waals surface area contributed by atoms with Gasteiger partial charge in [-0.05, 0) is 61.8 Å². The van der Waals surface area contributed by atoms with E-state index in [-0.39, 0.29) is 38.2 Å². The summed E-state index contributed by atoms with van der Waals surface area (Å²) >= 11 is 0. The number of nitrogens with zero attached hydrogens (tertiary/aromatic N) is 1. The molecule has 5 rings (SSSR count). The first-order valence-corrected chi connectivity index (χ1v) is 15.4. The van der Waals surface area contributed by atoms with Gasteiger partial charge in [-0.1, -0.05) is 42.8 Å². The highest BCUT2D eigenvalue weighted by molar-refractivity contribution is 6.01. The van der Waals surface area contributed by atoms with Gasteiger partial charge in [-0.3, -0.25) is 24.8 Å². The van der Waals surface area contributed by atoms with Gasteiger partial charge in [-0.2, -0.15) is 0 Å². The topological polar surface area (TPSA) is 215 Å². The number of ether oxygens (including phenoxy) is 1. The van der Waals surface area contributed by atoms with Crippen LogP contribution in [0.1, 0.15) is 50.7 Å². The van der Waals surface area contributed by atoms with E-state index in [1.165, 1.54) is 25.2 Å². The number of hydrogen-bond donors (Lipinski definition) is 7. The largest absolute Gasteiger partial charge is 0.441 e. The number of hydrogen-bond acceptors (Lipinski definition) is 12. The fraction of sp³-hybridized carbons (Fsp3) is 0.562. The number of Topliss-reactive ketones (excluding diaryl/α,β-unsaturated/α-hetero) is 1. The van der Waals surface area contributed by atoms with Crippen LogP contribution < -0.4 is 10.6 Å². The summed E-state index contributed by atoms with van der Waals surface area (Å²) in [6.07, 6.45) is -0.110. The molecule has 1 aromatic rings. The Balaban J connectivity index is 1.17. The van der Waals surface area contributed by atoms with Gasteiger partial charge < -0.3 is 30.7 Å². The molecule has 0 aliphatic heterocycles. The van der Waals surface area contributed by atoms with Crippen molar-refractivity contribution in [3.05, 3.63) is 59.2 Å². The molecule has 1 aromatic carbocycles. The fourth-order valence-corrected chi connectivity index (χ4v) is 8.40. The van der Waals surface area contributed by atoms with Crippen LogP contribution in [0.4, 0.5) is 9.18 Å². The van der Waals surface area contributed by atoms with Gasteiger partial charge in [0.2, 0.25) is 11.7 Å². The minimum Gasteiger partial charge on any atom is -0.441 e. The van der Waals surface area contributed by atoms with Crippen LogP contribution in [0.2, 0.25) is 0 Å². The number of aliphatic hydroxyl groups is 3. The zero-order chi connectivity index (χ0) is 34.4. The Bertz CT molecular complexity index is 1500. The van der Waals surface area contributed by atoms with E-state index in [1.807, 2.05) is 0 Å². The minimum atomic E-state index is -2.46. The Hall–Kier alpha value is -3.57. The summed E-state index contributed by atoms with van der Waals surface area (Å²) in [5.74, 6) is -3.43. The summed E-state index contributed by atoms with van der Waals surface area (Å²) in [6.45, 7) is 1.65. The summed E-state index contributed by atoms with van der Waals surface area (Å²) in [4.78, 5) is 54.6. The quantitative estimate of drug-likeness (QED) is 0.176. The lowest BCUT2D eigenvalue weighted by Crippen LogP contribution is -2.69. The number of ketones is 2. The summed E-state index contributed by atoms with van der Waals surface area (Å²) < 4.78 is 22.2. The van der Waals surface area contributed by atoms with Gasteiger partial charge in [-0.15, -0.1) is 0 Å². The first-order chi connectivity index (χ1) is 22.1. The number of fused-ring (bicyclic) bond motifs is 5.